The fourth-order valence-electron chi connectivity index (χ4n) is 0.399. The van der Waals surface area contributed by atoms with Gasteiger partial charge in [0.2, 0.25) is 0 Å². The van der Waals surface area contributed by atoms with Crippen LogP contribution in [-0.4, -0.2) is 19.0 Å². The fraction of sp³-hybridized carbons (Fsp3) is 0.667. The number of rotatable bonds is 3. The van der Waals surface area contributed by atoms with Crippen LogP contribution in [0, 0.1) is 0 Å². The second-order valence-corrected chi connectivity index (χ2v) is 2.39. The van der Waals surface area contributed by atoms with Crippen LogP contribution in [-0.2, 0) is 3.83 Å². The SMILES string of the molecule is CCCCC=C=[Se]=O. The van der Waals surface area contributed by atoms with E-state index in [0.29, 0.717) is 0 Å². The van der Waals surface area contributed by atoms with Crippen LogP contribution in [0.2, 0.25) is 0 Å². The van der Waals surface area contributed by atoms with Crippen LogP contribution in [0.25, 0.3) is 0 Å². The summed E-state index contributed by atoms with van der Waals surface area (Å²) in [6.45, 7) is 2.14. The summed E-state index contributed by atoms with van der Waals surface area (Å²) in [5, 5.41) is 0. The molecule has 0 fully saturated rings. The van der Waals surface area contributed by atoms with E-state index in [-0.39, 0.29) is 0 Å². The molecular formula is C6H10OSe. The molecule has 0 atom stereocenters. The summed E-state index contributed by atoms with van der Waals surface area (Å²) in [7, 11) is 0. The van der Waals surface area contributed by atoms with Crippen molar-refractivity contribution in [2.75, 3.05) is 0 Å². The molecule has 0 saturated heterocycles. The first-order valence-corrected chi connectivity index (χ1v) is 4.33. The fourth-order valence-corrected chi connectivity index (χ4v) is 0.789. The van der Waals surface area contributed by atoms with Gasteiger partial charge in [0.05, 0.1) is 0 Å². The van der Waals surface area contributed by atoms with E-state index in [1.54, 1.807) is 0 Å². The topological polar surface area (TPSA) is 17.1 Å². The Morgan fingerprint density at radius 2 is 2.50 bits per heavy atom. The molecule has 0 aliphatic carbocycles. The predicted octanol–water partition coefficient (Wildman–Crippen LogP) is 1.18. The third-order valence-electron chi connectivity index (χ3n) is 0.833. The molecule has 0 saturated carbocycles. The third kappa shape index (κ3) is 5.97. The first-order chi connectivity index (χ1) is 3.91. The number of allylic oxidation sites excluding steroid dienone is 1. The van der Waals surface area contributed by atoms with Gasteiger partial charge in [0.25, 0.3) is 0 Å². The van der Waals surface area contributed by atoms with Gasteiger partial charge in [0.1, 0.15) is 0 Å². The van der Waals surface area contributed by atoms with E-state index in [2.05, 4.69) is 11.5 Å². The zero-order chi connectivity index (χ0) is 6.24. The molecule has 0 spiro atoms. The molecule has 0 aliphatic rings. The van der Waals surface area contributed by atoms with Gasteiger partial charge in [-0.15, -0.1) is 0 Å². The number of hydrogen-bond donors (Lipinski definition) is 0. The van der Waals surface area contributed by atoms with Crippen molar-refractivity contribution in [2.45, 2.75) is 26.2 Å². The molecular weight excluding hydrogens is 167 g/mol. The van der Waals surface area contributed by atoms with E-state index in [1.165, 1.54) is 12.8 Å². The third-order valence-corrected chi connectivity index (χ3v) is 1.39. The number of hydrogen-bond acceptors (Lipinski definition) is 1. The predicted molar refractivity (Wildman–Crippen MR) is 35.5 cm³/mol. The molecule has 46 valence electrons. The zero-order valence-electron chi connectivity index (χ0n) is 5.02. The molecule has 0 heterocycles. The average molecular weight is 177 g/mol. The van der Waals surface area contributed by atoms with E-state index in [0.717, 1.165) is 6.42 Å². The molecule has 0 aromatic rings. The molecule has 0 N–H and O–H groups in total. The standard InChI is InChI=1S/C6H10OSe/c1-2-3-4-5-6-8-7/h5H,2-4H2,1H3. The van der Waals surface area contributed by atoms with Crippen molar-refractivity contribution >= 4 is 19.0 Å². The van der Waals surface area contributed by atoms with Crippen LogP contribution in [0.3, 0.4) is 0 Å². The molecule has 2 heteroatoms. The Kier molecular flexibility index (Phi) is 6.94. The zero-order valence-corrected chi connectivity index (χ0v) is 6.73. The molecule has 8 heavy (non-hydrogen) atoms. The van der Waals surface area contributed by atoms with Crippen LogP contribution >= 0.6 is 0 Å². The Morgan fingerprint density at radius 1 is 1.75 bits per heavy atom. The quantitative estimate of drug-likeness (QED) is 0.467. The molecule has 0 unspecified atom stereocenters. The van der Waals surface area contributed by atoms with Crippen LogP contribution in [0.1, 0.15) is 26.2 Å². The maximum atomic E-state index is 9.81. The van der Waals surface area contributed by atoms with E-state index < -0.39 is 14.5 Å². The Labute approximate surface area is 55.7 Å². The molecule has 0 rings (SSSR count). The number of unbranched alkanes of at least 4 members (excludes halogenated alkanes) is 2. The van der Waals surface area contributed by atoms with Gasteiger partial charge >= 0.3 is 55.1 Å². The van der Waals surface area contributed by atoms with Crippen molar-refractivity contribution in [3.05, 3.63) is 6.08 Å². The molecule has 1 nitrogen and oxygen atoms in total. The van der Waals surface area contributed by atoms with Crippen molar-refractivity contribution in [2.24, 2.45) is 0 Å². The van der Waals surface area contributed by atoms with Crippen LogP contribution in [0.4, 0.5) is 0 Å². The van der Waals surface area contributed by atoms with E-state index in [1.807, 2.05) is 6.08 Å². The Balaban J connectivity index is 3.16. The van der Waals surface area contributed by atoms with Crippen molar-refractivity contribution in [1.29, 1.82) is 0 Å². The van der Waals surface area contributed by atoms with E-state index in [9.17, 15) is 3.83 Å². The van der Waals surface area contributed by atoms with Crippen LogP contribution in [0.5, 0.6) is 0 Å². The summed E-state index contributed by atoms with van der Waals surface area (Å²) in [5.74, 6) is 0. The summed E-state index contributed by atoms with van der Waals surface area (Å²) >= 11 is -0.631. The molecule has 0 aromatic heterocycles. The van der Waals surface area contributed by atoms with Gasteiger partial charge in [0, 0.05) is 0 Å². The van der Waals surface area contributed by atoms with Gasteiger partial charge in [-0.3, -0.25) is 0 Å². The minimum absolute atomic E-state index is 0.631. The molecule has 0 radical (unpaired) electrons. The average Bonchev–Trinajstić information content (AvgIpc) is 1.81. The minimum atomic E-state index is -0.631. The van der Waals surface area contributed by atoms with Gasteiger partial charge in [-0.2, -0.15) is 0 Å². The molecule has 0 aliphatic heterocycles. The molecule has 0 bridgehead atoms. The molecule has 0 amide bonds. The van der Waals surface area contributed by atoms with Gasteiger partial charge in [-0.25, -0.2) is 0 Å². The van der Waals surface area contributed by atoms with E-state index >= 15 is 0 Å². The second kappa shape index (κ2) is 6.97. The molecule has 0 aromatic carbocycles. The first-order valence-electron chi connectivity index (χ1n) is 2.77. The Morgan fingerprint density at radius 3 is 3.00 bits per heavy atom. The van der Waals surface area contributed by atoms with E-state index in [4.69, 9.17) is 0 Å². The first kappa shape index (κ1) is 7.97. The summed E-state index contributed by atoms with van der Waals surface area (Å²) in [4.78, 5) is 0. The van der Waals surface area contributed by atoms with Gasteiger partial charge in [0.15, 0.2) is 0 Å². The van der Waals surface area contributed by atoms with Crippen molar-refractivity contribution in [3.8, 4) is 0 Å². The van der Waals surface area contributed by atoms with Crippen LogP contribution < -0.4 is 0 Å². The van der Waals surface area contributed by atoms with Gasteiger partial charge in [-0.05, 0) is 0 Å². The summed E-state index contributed by atoms with van der Waals surface area (Å²) in [5.41, 5.74) is 0. The Hall–Kier alpha value is -0.0305. The van der Waals surface area contributed by atoms with Crippen molar-refractivity contribution < 1.29 is 3.83 Å². The monoisotopic (exact) mass is 178 g/mol. The Bertz CT molecular complexity index is 118. The van der Waals surface area contributed by atoms with Gasteiger partial charge in [-0.1, -0.05) is 0 Å². The summed E-state index contributed by atoms with van der Waals surface area (Å²) in [6.07, 6.45) is 5.27. The summed E-state index contributed by atoms with van der Waals surface area (Å²) < 4.78 is 12.5. The van der Waals surface area contributed by atoms with Crippen molar-refractivity contribution in [3.63, 3.8) is 0 Å². The second-order valence-electron chi connectivity index (χ2n) is 1.55. The van der Waals surface area contributed by atoms with Gasteiger partial charge < -0.3 is 0 Å². The van der Waals surface area contributed by atoms with Crippen LogP contribution in [0.15, 0.2) is 6.08 Å². The summed E-state index contributed by atoms with van der Waals surface area (Å²) in [6, 6.07) is 0. The van der Waals surface area contributed by atoms with Crippen molar-refractivity contribution in [1.82, 2.24) is 0 Å². The normalized spacial score (nSPS) is 7.62. The maximum absolute atomic E-state index is 9.81.